The molecule has 2 aromatic rings. The lowest BCUT2D eigenvalue weighted by atomic mass is 10.1. The molecule has 0 atom stereocenters. The van der Waals surface area contributed by atoms with Crippen LogP contribution in [0.15, 0.2) is 36.7 Å². The number of hydrogen-bond donors (Lipinski definition) is 1. The molecule has 2 rings (SSSR count). The van der Waals surface area contributed by atoms with Crippen molar-refractivity contribution < 1.29 is 4.74 Å². The maximum Gasteiger partial charge on any atom is 0.125 e. The van der Waals surface area contributed by atoms with Crippen LogP contribution >= 0.6 is 0 Å². The molecule has 21 heavy (non-hydrogen) atoms. The fourth-order valence-electron chi connectivity index (χ4n) is 2.33. The smallest absolute Gasteiger partial charge is 0.125 e. The molecule has 1 aromatic carbocycles. The average Bonchev–Trinajstić information content (AvgIpc) is 2.45. The SMILES string of the molecule is Cc1cc(CNC(C)C)cc(C)c1OCc1ccncc1. The standard InChI is InChI=1S/C18H24N2O/c1-13(2)20-11-17-9-14(3)18(15(4)10-17)21-12-16-5-7-19-8-6-16/h5-10,13,20H,11-12H2,1-4H3. The second-order valence-electron chi connectivity index (χ2n) is 5.74. The van der Waals surface area contributed by atoms with Crippen LogP contribution in [0.5, 0.6) is 5.75 Å². The van der Waals surface area contributed by atoms with E-state index in [-0.39, 0.29) is 0 Å². The van der Waals surface area contributed by atoms with Gasteiger partial charge in [-0.2, -0.15) is 0 Å². The first-order valence-electron chi connectivity index (χ1n) is 7.41. The lowest BCUT2D eigenvalue weighted by Gasteiger charge is -2.15. The van der Waals surface area contributed by atoms with Gasteiger partial charge < -0.3 is 10.1 Å². The summed E-state index contributed by atoms with van der Waals surface area (Å²) in [6, 6.07) is 8.85. The van der Waals surface area contributed by atoms with Gasteiger partial charge >= 0.3 is 0 Å². The zero-order valence-electron chi connectivity index (χ0n) is 13.3. The molecular formula is C18H24N2O. The van der Waals surface area contributed by atoms with Gasteiger partial charge in [-0.1, -0.05) is 26.0 Å². The van der Waals surface area contributed by atoms with Gasteiger partial charge in [0.2, 0.25) is 0 Å². The van der Waals surface area contributed by atoms with Crippen LogP contribution in [0.2, 0.25) is 0 Å². The number of nitrogens with zero attached hydrogens (tertiary/aromatic N) is 1. The molecule has 0 amide bonds. The van der Waals surface area contributed by atoms with Gasteiger partial charge in [0.05, 0.1) is 0 Å². The zero-order chi connectivity index (χ0) is 15.2. The summed E-state index contributed by atoms with van der Waals surface area (Å²) in [5, 5.41) is 3.45. The summed E-state index contributed by atoms with van der Waals surface area (Å²) < 4.78 is 5.99. The highest BCUT2D eigenvalue weighted by atomic mass is 16.5. The molecule has 0 fully saturated rings. The van der Waals surface area contributed by atoms with Crippen molar-refractivity contribution in [3.8, 4) is 5.75 Å². The van der Waals surface area contributed by atoms with Crippen LogP contribution < -0.4 is 10.1 Å². The van der Waals surface area contributed by atoms with Gasteiger partial charge in [-0.05, 0) is 48.2 Å². The Morgan fingerprint density at radius 3 is 2.24 bits per heavy atom. The minimum absolute atomic E-state index is 0.494. The van der Waals surface area contributed by atoms with Gasteiger partial charge in [0.15, 0.2) is 0 Å². The Morgan fingerprint density at radius 2 is 1.67 bits per heavy atom. The van der Waals surface area contributed by atoms with Crippen molar-refractivity contribution in [3.63, 3.8) is 0 Å². The summed E-state index contributed by atoms with van der Waals surface area (Å²) in [6.07, 6.45) is 3.58. The van der Waals surface area contributed by atoms with Crippen LogP contribution in [-0.2, 0) is 13.2 Å². The number of pyridine rings is 1. The molecule has 1 aromatic heterocycles. The van der Waals surface area contributed by atoms with Crippen LogP contribution in [0.4, 0.5) is 0 Å². The number of hydrogen-bond acceptors (Lipinski definition) is 3. The highest BCUT2D eigenvalue weighted by Gasteiger charge is 2.07. The molecule has 1 heterocycles. The zero-order valence-corrected chi connectivity index (χ0v) is 13.3. The van der Waals surface area contributed by atoms with E-state index in [2.05, 4.69) is 50.1 Å². The Bertz CT molecular complexity index is 556. The van der Waals surface area contributed by atoms with E-state index in [1.54, 1.807) is 12.4 Å². The second-order valence-corrected chi connectivity index (χ2v) is 5.74. The number of benzene rings is 1. The normalized spacial score (nSPS) is 10.9. The third kappa shape index (κ3) is 4.57. The van der Waals surface area contributed by atoms with E-state index >= 15 is 0 Å². The van der Waals surface area contributed by atoms with Gasteiger partial charge in [-0.3, -0.25) is 4.98 Å². The second kappa shape index (κ2) is 7.23. The fourth-order valence-corrected chi connectivity index (χ4v) is 2.33. The van der Waals surface area contributed by atoms with Gasteiger partial charge in [-0.15, -0.1) is 0 Å². The van der Waals surface area contributed by atoms with Crippen molar-refractivity contribution in [2.45, 2.75) is 46.9 Å². The van der Waals surface area contributed by atoms with E-state index in [1.165, 1.54) is 16.7 Å². The number of aryl methyl sites for hydroxylation is 2. The largest absolute Gasteiger partial charge is 0.488 e. The Morgan fingerprint density at radius 1 is 1.05 bits per heavy atom. The Balaban J connectivity index is 2.06. The molecule has 0 radical (unpaired) electrons. The molecule has 0 saturated carbocycles. The van der Waals surface area contributed by atoms with Gasteiger partial charge in [0.1, 0.15) is 12.4 Å². The molecule has 0 saturated heterocycles. The summed E-state index contributed by atoms with van der Waals surface area (Å²) in [4.78, 5) is 4.02. The molecular weight excluding hydrogens is 260 g/mol. The summed E-state index contributed by atoms with van der Waals surface area (Å²) in [7, 11) is 0. The van der Waals surface area contributed by atoms with Crippen LogP contribution in [0.3, 0.4) is 0 Å². The van der Waals surface area contributed by atoms with Crippen molar-refractivity contribution in [3.05, 3.63) is 58.9 Å². The fraction of sp³-hybridized carbons (Fsp3) is 0.389. The number of rotatable bonds is 6. The summed E-state index contributed by atoms with van der Waals surface area (Å²) in [5.74, 6) is 0.986. The first-order chi connectivity index (χ1) is 10.1. The first-order valence-corrected chi connectivity index (χ1v) is 7.41. The molecule has 0 spiro atoms. The quantitative estimate of drug-likeness (QED) is 0.876. The minimum Gasteiger partial charge on any atom is -0.488 e. The van der Waals surface area contributed by atoms with Crippen molar-refractivity contribution in [2.24, 2.45) is 0 Å². The highest BCUT2D eigenvalue weighted by Crippen LogP contribution is 2.25. The summed E-state index contributed by atoms with van der Waals surface area (Å²) >= 11 is 0. The van der Waals surface area contributed by atoms with E-state index in [0.717, 1.165) is 17.9 Å². The molecule has 0 aliphatic carbocycles. The van der Waals surface area contributed by atoms with E-state index in [9.17, 15) is 0 Å². The van der Waals surface area contributed by atoms with Gasteiger partial charge in [-0.25, -0.2) is 0 Å². The van der Waals surface area contributed by atoms with Gasteiger partial charge in [0, 0.05) is 25.0 Å². The number of ether oxygens (including phenoxy) is 1. The molecule has 112 valence electrons. The van der Waals surface area contributed by atoms with Crippen LogP contribution in [0.25, 0.3) is 0 Å². The van der Waals surface area contributed by atoms with E-state index in [1.807, 2.05) is 12.1 Å². The molecule has 0 aliphatic heterocycles. The topological polar surface area (TPSA) is 34.1 Å². The summed E-state index contributed by atoms with van der Waals surface area (Å²) in [6.45, 7) is 10.00. The maximum absolute atomic E-state index is 5.99. The Hall–Kier alpha value is -1.87. The number of aromatic nitrogens is 1. The van der Waals surface area contributed by atoms with Crippen LogP contribution in [0, 0.1) is 13.8 Å². The van der Waals surface area contributed by atoms with E-state index < -0.39 is 0 Å². The molecule has 0 bridgehead atoms. The minimum atomic E-state index is 0.494. The van der Waals surface area contributed by atoms with Gasteiger partial charge in [0.25, 0.3) is 0 Å². The maximum atomic E-state index is 5.99. The highest BCUT2D eigenvalue weighted by molar-refractivity contribution is 5.43. The van der Waals surface area contributed by atoms with Crippen molar-refractivity contribution in [1.29, 1.82) is 0 Å². The van der Waals surface area contributed by atoms with Crippen LogP contribution in [0.1, 0.15) is 36.1 Å². The number of nitrogens with one attached hydrogen (secondary N) is 1. The first kappa shape index (κ1) is 15.5. The predicted molar refractivity (Wildman–Crippen MR) is 86.5 cm³/mol. The van der Waals surface area contributed by atoms with Crippen molar-refractivity contribution >= 4 is 0 Å². The molecule has 3 heteroatoms. The van der Waals surface area contributed by atoms with Crippen molar-refractivity contribution in [1.82, 2.24) is 10.3 Å². The lowest BCUT2D eigenvalue weighted by Crippen LogP contribution is -2.21. The average molecular weight is 284 g/mol. The van der Waals surface area contributed by atoms with Crippen molar-refractivity contribution in [2.75, 3.05) is 0 Å². The summed E-state index contributed by atoms with van der Waals surface area (Å²) in [5.41, 5.74) is 4.80. The molecule has 0 unspecified atom stereocenters. The molecule has 0 aliphatic rings. The molecule has 3 nitrogen and oxygen atoms in total. The molecule has 1 N–H and O–H groups in total. The Labute approximate surface area is 127 Å². The predicted octanol–water partition coefficient (Wildman–Crippen LogP) is 3.78. The monoisotopic (exact) mass is 284 g/mol. The lowest BCUT2D eigenvalue weighted by molar-refractivity contribution is 0.301. The third-order valence-electron chi connectivity index (χ3n) is 3.37. The third-order valence-corrected chi connectivity index (χ3v) is 3.37. The Kier molecular flexibility index (Phi) is 5.34. The van der Waals surface area contributed by atoms with Crippen LogP contribution in [-0.4, -0.2) is 11.0 Å². The van der Waals surface area contributed by atoms with E-state index in [4.69, 9.17) is 4.74 Å². The van der Waals surface area contributed by atoms with E-state index in [0.29, 0.717) is 12.6 Å².